The number of urea groups is 1. The highest BCUT2D eigenvalue weighted by Crippen LogP contribution is 2.25. The fraction of sp³-hybridized carbons (Fsp3) is 0.316. The molecule has 7 nitrogen and oxygen atoms in total. The second-order valence-corrected chi connectivity index (χ2v) is 6.44. The smallest absolute Gasteiger partial charge is 0.321 e. The summed E-state index contributed by atoms with van der Waals surface area (Å²) in [5, 5.41) is 6.13. The van der Waals surface area contributed by atoms with Crippen LogP contribution in [0.5, 0.6) is 0 Å². The molecule has 2 N–H and O–H groups in total. The van der Waals surface area contributed by atoms with E-state index in [0.717, 1.165) is 17.8 Å². The Labute approximate surface area is 164 Å². The van der Waals surface area contributed by atoms with Crippen molar-refractivity contribution in [2.24, 2.45) is 0 Å². The van der Waals surface area contributed by atoms with E-state index in [4.69, 9.17) is 0 Å². The summed E-state index contributed by atoms with van der Waals surface area (Å²) in [5.41, 5.74) is 2.46. The summed E-state index contributed by atoms with van der Waals surface area (Å²) in [5.74, 6) is -0.00206. The lowest BCUT2D eigenvalue weighted by Crippen LogP contribution is -2.48. The molecule has 27 heavy (non-hydrogen) atoms. The molecule has 0 radical (unpaired) electrons. The van der Waals surface area contributed by atoms with E-state index in [2.05, 4.69) is 15.6 Å². The summed E-state index contributed by atoms with van der Waals surface area (Å²) in [6, 6.07) is 11.0. The Morgan fingerprint density at radius 3 is 2.59 bits per heavy atom. The molecule has 2 aliphatic heterocycles. The van der Waals surface area contributed by atoms with Crippen LogP contribution in [0.15, 0.2) is 48.8 Å². The van der Waals surface area contributed by atoms with Gasteiger partial charge in [0.15, 0.2) is 0 Å². The van der Waals surface area contributed by atoms with Crippen molar-refractivity contribution in [1.29, 1.82) is 0 Å². The van der Waals surface area contributed by atoms with Gasteiger partial charge in [-0.2, -0.15) is 0 Å². The van der Waals surface area contributed by atoms with Gasteiger partial charge in [-0.05, 0) is 35.9 Å². The number of nitrogens with zero attached hydrogens (tertiary/aromatic N) is 3. The Morgan fingerprint density at radius 1 is 1.11 bits per heavy atom. The van der Waals surface area contributed by atoms with E-state index in [1.165, 1.54) is 0 Å². The minimum Gasteiger partial charge on any atom is -0.336 e. The third-order valence-electron chi connectivity index (χ3n) is 4.86. The number of benzene rings is 1. The van der Waals surface area contributed by atoms with Gasteiger partial charge >= 0.3 is 6.03 Å². The van der Waals surface area contributed by atoms with Gasteiger partial charge in [0.25, 0.3) is 5.91 Å². The first kappa shape index (κ1) is 19.1. The number of amides is 3. The summed E-state index contributed by atoms with van der Waals surface area (Å²) in [7, 11) is 0. The fourth-order valence-electron chi connectivity index (χ4n) is 3.49. The molecule has 2 saturated heterocycles. The van der Waals surface area contributed by atoms with E-state index >= 15 is 0 Å². The van der Waals surface area contributed by atoms with E-state index in [-0.39, 0.29) is 30.4 Å². The zero-order chi connectivity index (χ0) is 17.9. The number of aromatic nitrogens is 1. The van der Waals surface area contributed by atoms with Crippen LogP contribution in [0.1, 0.15) is 22.0 Å². The quantitative estimate of drug-likeness (QED) is 0.842. The molecule has 142 valence electrons. The first-order chi connectivity index (χ1) is 12.7. The van der Waals surface area contributed by atoms with Crippen molar-refractivity contribution in [2.75, 3.05) is 37.6 Å². The Kier molecular flexibility index (Phi) is 5.93. The lowest BCUT2D eigenvalue weighted by molar-refractivity contribution is 0.0634. The number of pyridine rings is 1. The number of halogens is 1. The molecule has 1 unspecified atom stereocenters. The predicted octanol–water partition coefficient (Wildman–Crippen LogP) is 1.82. The zero-order valence-electron chi connectivity index (χ0n) is 14.8. The van der Waals surface area contributed by atoms with Crippen LogP contribution < -0.4 is 15.5 Å². The van der Waals surface area contributed by atoms with Crippen molar-refractivity contribution in [3.05, 3.63) is 59.9 Å². The Morgan fingerprint density at radius 2 is 1.93 bits per heavy atom. The molecule has 0 bridgehead atoms. The fourth-order valence-corrected chi connectivity index (χ4v) is 3.49. The summed E-state index contributed by atoms with van der Waals surface area (Å²) < 4.78 is 0. The number of piperazine rings is 1. The predicted molar refractivity (Wildman–Crippen MR) is 105 cm³/mol. The van der Waals surface area contributed by atoms with Gasteiger partial charge in [0, 0.05) is 56.4 Å². The summed E-state index contributed by atoms with van der Waals surface area (Å²) in [4.78, 5) is 32.6. The number of hydrogen-bond donors (Lipinski definition) is 2. The van der Waals surface area contributed by atoms with Gasteiger partial charge in [-0.1, -0.05) is 6.07 Å². The van der Waals surface area contributed by atoms with E-state index in [0.29, 0.717) is 31.7 Å². The lowest BCUT2D eigenvalue weighted by Gasteiger charge is -2.36. The van der Waals surface area contributed by atoms with Crippen LogP contribution in [-0.2, 0) is 0 Å². The summed E-state index contributed by atoms with van der Waals surface area (Å²) in [6.07, 6.45) is 3.55. The minimum atomic E-state index is -0.0946. The van der Waals surface area contributed by atoms with E-state index < -0.39 is 0 Å². The van der Waals surface area contributed by atoms with Crippen molar-refractivity contribution in [3.8, 4) is 0 Å². The summed E-state index contributed by atoms with van der Waals surface area (Å²) in [6.45, 7) is 3.42. The highest BCUT2D eigenvalue weighted by atomic mass is 35.5. The number of carbonyl (C=O) groups is 2. The maximum Gasteiger partial charge on any atom is 0.321 e. The zero-order valence-corrected chi connectivity index (χ0v) is 15.6. The van der Waals surface area contributed by atoms with Gasteiger partial charge in [-0.15, -0.1) is 12.4 Å². The molecule has 0 spiro atoms. The van der Waals surface area contributed by atoms with Crippen molar-refractivity contribution in [3.63, 3.8) is 0 Å². The topological polar surface area (TPSA) is 77.6 Å². The normalized spacial score (nSPS) is 19.4. The van der Waals surface area contributed by atoms with Crippen LogP contribution in [0.25, 0.3) is 0 Å². The molecule has 2 aromatic rings. The van der Waals surface area contributed by atoms with Crippen LogP contribution in [0, 0.1) is 0 Å². The van der Waals surface area contributed by atoms with Crippen LogP contribution in [0.3, 0.4) is 0 Å². The second kappa shape index (κ2) is 8.37. The van der Waals surface area contributed by atoms with Gasteiger partial charge in [-0.3, -0.25) is 14.7 Å². The molecule has 3 heterocycles. The molecular formula is C19H22ClN5O2. The van der Waals surface area contributed by atoms with Gasteiger partial charge in [0.1, 0.15) is 0 Å². The van der Waals surface area contributed by atoms with Crippen LogP contribution in [0.4, 0.5) is 10.5 Å². The third kappa shape index (κ3) is 3.89. The molecule has 1 aromatic heterocycles. The monoisotopic (exact) mass is 387 g/mol. The maximum absolute atomic E-state index is 13.1. The largest absolute Gasteiger partial charge is 0.336 e. The molecule has 3 amide bonds. The Hall–Kier alpha value is -2.64. The standard InChI is InChI=1S/C19H21N5O2.ClH/c25-18(14-3-5-16(6-4-14)23-11-9-22-19(23)26)24-10-8-21-13-17(24)15-2-1-7-20-12-15;/h1-7,12,17,21H,8-11,13H2,(H,22,26);1H. The molecule has 0 saturated carbocycles. The number of rotatable bonds is 3. The summed E-state index contributed by atoms with van der Waals surface area (Å²) >= 11 is 0. The highest BCUT2D eigenvalue weighted by Gasteiger charge is 2.29. The van der Waals surface area contributed by atoms with Crippen LogP contribution in [0.2, 0.25) is 0 Å². The van der Waals surface area contributed by atoms with Crippen LogP contribution in [-0.4, -0.2) is 54.5 Å². The maximum atomic E-state index is 13.1. The van der Waals surface area contributed by atoms with Gasteiger partial charge < -0.3 is 15.5 Å². The minimum absolute atomic E-state index is 0. The average Bonchev–Trinajstić information content (AvgIpc) is 3.14. The van der Waals surface area contributed by atoms with Crippen LogP contribution >= 0.6 is 12.4 Å². The second-order valence-electron chi connectivity index (χ2n) is 6.44. The molecular weight excluding hydrogens is 366 g/mol. The number of hydrogen-bond acceptors (Lipinski definition) is 4. The average molecular weight is 388 g/mol. The molecule has 1 aromatic carbocycles. The molecule has 1 atom stereocenters. The van der Waals surface area contributed by atoms with Crippen molar-refractivity contribution in [2.45, 2.75) is 6.04 Å². The van der Waals surface area contributed by atoms with E-state index in [9.17, 15) is 9.59 Å². The lowest BCUT2D eigenvalue weighted by atomic mass is 10.0. The first-order valence-electron chi connectivity index (χ1n) is 8.81. The number of nitrogens with one attached hydrogen (secondary N) is 2. The molecule has 2 aliphatic rings. The third-order valence-corrected chi connectivity index (χ3v) is 4.86. The van der Waals surface area contributed by atoms with Gasteiger partial charge in [0.05, 0.1) is 6.04 Å². The molecule has 4 rings (SSSR count). The van der Waals surface area contributed by atoms with Crippen molar-refractivity contribution < 1.29 is 9.59 Å². The Balaban J connectivity index is 0.00000210. The molecule has 8 heteroatoms. The molecule has 0 aliphatic carbocycles. The SMILES string of the molecule is Cl.O=C1NCCN1c1ccc(C(=O)N2CCNCC2c2cccnc2)cc1. The first-order valence-corrected chi connectivity index (χ1v) is 8.81. The Bertz CT molecular complexity index is 800. The van der Waals surface area contributed by atoms with Crippen molar-refractivity contribution in [1.82, 2.24) is 20.5 Å². The van der Waals surface area contributed by atoms with E-state index in [1.54, 1.807) is 23.2 Å². The number of carbonyl (C=O) groups excluding carboxylic acids is 2. The highest BCUT2D eigenvalue weighted by molar-refractivity contribution is 5.97. The van der Waals surface area contributed by atoms with Gasteiger partial charge in [0.2, 0.25) is 0 Å². The van der Waals surface area contributed by atoms with E-state index in [1.807, 2.05) is 35.4 Å². The van der Waals surface area contributed by atoms with Gasteiger partial charge in [-0.25, -0.2) is 4.79 Å². The van der Waals surface area contributed by atoms with Crippen molar-refractivity contribution >= 4 is 30.0 Å². The molecule has 2 fully saturated rings. The number of anilines is 1.